The van der Waals surface area contributed by atoms with E-state index in [1.807, 2.05) is 30.6 Å². The van der Waals surface area contributed by atoms with Crippen LogP contribution in [0, 0.1) is 12.8 Å². The highest BCUT2D eigenvalue weighted by Gasteiger charge is 2.21. The molecular formula is C21H22ClN5S. The lowest BCUT2D eigenvalue weighted by Gasteiger charge is -2.23. The quantitative estimate of drug-likeness (QED) is 0.510. The van der Waals surface area contributed by atoms with Crippen LogP contribution in [0.4, 0.5) is 0 Å². The minimum atomic E-state index is 0.708. The number of thiazole rings is 1. The van der Waals surface area contributed by atoms with Crippen LogP contribution in [0.15, 0.2) is 29.8 Å². The molecule has 144 valence electrons. The maximum atomic E-state index is 6.23. The number of nitrogens with one attached hydrogen (secondary N) is 1. The molecule has 1 aliphatic heterocycles. The lowest BCUT2D eigenvalue weighted by atomic mass is 9.94. The molecule has 4 heterocycles. The van der Waals surface area contributed by atoms with Crippen LogP contribution in [0.25, 0.3) is 32.8 Å². The summed E-state index contributed by atoms with van der Waals surface area (Å²) in [5.74, 6) is 1.71. The lowest BCUT2D eigenvalue weighted by Crippen LogP contribution is -2.28. The van der Waals surface area contributed by atoms with Gasteiger partial charge in [0.25, 0.3) is 0 Å². The third-order valence-electron chi connectivity index (χ3n) is 5.66. The Balaban J connectivity index is 1.69. The number of aromatic nitrogens is 4. The summed E-state index contributed by atoms with van der Waals surface area (Å²) < 4.78 is 2.36. The number of hydrogen-bond acceptors (Lipinski definition) is 5. The smallest absolute Gasteiger partial charge is 0.170 e. The zero-order valence-corrected chi connectivity index (χ0v) is 17.4. The minimum absolute atomic E-state index is 0.708. The molecule has 1 aliphatic rings. The molecule has 4 aromatic rings. The number of benzene rings is 1. The largest absolute Gasteiger partial charge is 0.321 e. The molecule has 5 nitrogen and oxygen atoms in total. The summed E-state index contributed by atoms with van der Waals surface area (Å²) in [6.07, 6.45) is 5.49. The number of aryl methyl sites for hydroxylation is 2. The van der Waals surface area contributed by atoms with Crippen molar-refractivity contribution in [1.29, 1.82) is 0 Å². The molecule has 0 atom stereocenters. The zero-order valence-electron chi connectivity index (χ0n) is 15.8. The third-order valence-corrected chi connectivity index (χ3v) is 6.66. The highest BCUT2D eigenvalue weighted by atomic mass is 35.5. The van der Waals surface area contributed by atoms with Crippen LogP contribution in [0.3, 0.4) is 0 Å². The molecule has 5 rings (SSSR count). The monoisotopic (exact) mass is 411 g/mol. The van der Waals surface area contributed by atoms with Crippen LogP contribution in [0.2, 0.25) is 5.02 Å². The van der Waals surface area contributed by atoms with Crippen LogP contribution < -0.4 is 5.32 Å². The fraction of sp³-hybridized carbons (Fsp3) is 0.381. The minimum Gasteiger partial charge on any atom is -0.321 e. The molecule has 0 saturated carbocycles. The Hall–Kier alpha value is -2.02. The van der Waals surface area contributed by atoms with Crippen molar-refractivity contribution in [2.45, 2.75) is 32.7 Å². The van der Waals surface area contributed by atoms with Crippen molar-refractivity contribution in [2.75, 3.05) is 13.1 Å². The van der Waals surface area contributed by atoms with Crippen molar-refractivity contribution >= 4 is 44.9 Å². The third kappa shape index (κ3) is 3.19. The summed E-state index contributed by atoms with van der Waals surface area (Å²) in [7, 11) is 0. The molecule has 7 heteroatoms. The van der Waals surface area contributed by atoms with Crippen LogP contribution in [0.1, 0.15) is 25.0 Å². The van der Waals surface area contributed by atoms with E-state index in [4.69, 9.17) is 21.6 Å². The lowest BCUT2D eigenvalue weighted by molar-refractivity contribution is 0.340. The Bertz CT molecular complexity index is 1130. The number of halogens is 1. The van der Waals surface area contributed by atoms with Gasteiger partial charge in [-0.25, -0.2) is 9.97 Å². The first kappa shape index (κ1) is 18.0. The predicted octanol–water partition coefficient (Wildman–Crippen LogP) is 5.06. The van der Waals surface area contributed by atoms with E-state index in [9.17, 15) is 0 Å². The number of imidazole rings is 1. The second-order valence-electron chi connectivity index (χ2n) is 7.46. The van der Waals surface area contributed by atoms with Crippen molar-refractivity contribution in [3.63, 3.8) is 0 Å². The maximum absolute atomic E-state index is 6.23. The predicted molar refractivity (Wildman–Crippen MR) is 116 cm³/mol. The van der Waals surface area contributed by atoms with Gasteiger partial charge in [-0.05, 0) is 63.4 Å². The molecule has 1 aromatic carbocycles. The van der Waals surface area contributed by atoms with Gasteiger partial charge in [-0.15, -0.1) is 11.3 Å². The van der Waals surface area contributed by atoms with E-state index in [-0.39, 0.29) is 0 Å². The first-order chi connectivity index (χ1) is 13.7. The van der Waals surface area contributed by atoms with Crippen molar-refractivity contribution in [3.05, 3.63) is 40.5 Å². The molecule has 0 bridgehead atoms. The molecule has 28 heavy (non-hydrogen) atoms. The first-order valence-corrected chi connectivity index (χ1v) is 11.0. The number of pyridine rings is 1. The van der Waals surface area contributed by atoms with E-state index in [1.54, 1.807) is 11.3 Å². The SMILES string of the molecule is Cc1nc2cc(Cl)ccc2c2c1nc(-c1nccs1)n2CCC1CCNCC1. The number of piperidine rings is 1. The molecule has 0 aliphatic carbocycles. The highest BCUT2D eigenvalue weighted by molar-refractivity contribution is 7.13. The number of rotatable bonds is 4. The summed E-state index contributed by atoms with van der Waals surface area (Å²) in [5.41, 5.74) is 3.97. The fourth-order valence-electron chi connectivity index (χ4n) is 4.21. The van der Waals surface area contributed by atoms with Crippen molar-refractivity contribution in [1.82, 2.24) is 24.8 Å². The van der Waals surface area contributed by atoms with E-state index >= 15 is 0 Å². The highest BCUT2D eigenvalue weighted by Crippen LogP contribution is 2.34. The van der Waals surface area contributed by atoms with Crippen LogP contribution in [-0.4, -0.2) is 32.6 Å². The molecule has 0 amide bonds. The van der Waals surface area contributed by atoms with E-state index in [0.717, 1.165) is 70.4 Å². The molecule has 1 saturated heterocycles. The van der Waals surface area contributed by atoms with Gasteiger partial charge in [0, 0.05) is 28.5 Å². The first-order valence-electron chi connectivity index (χ1n) is 9.77. The van der Waals surface area contributed by atoms with E-state index < -0.39 is 0 Å². The Labute approximate surface area is 172 Å². The molecule has 1 N–H and O–H groups in total. The van der Waals surface area contributed by atoms with Crippen LogP contribution in [0.5, 0.6) is 0 Å². The van der Waals surface area contributed by atoms with Crippen LogP contribution >= 0.6 is 22.9 Å². The average Bonchev–Trinajstić information content (AvgIpc) is 3.35. The number of fused-ring (bicyclic) bond motifs is 3. The van der Waals surface area contributed by atoms with Gasteiger partial charge in [0.15, 0.2) is 10.8 Å². The van der Waals surface area contributed by atoms with E-state index in [2.05, 4.69) is 20.9 Å². The normalized spacial score (nSPS) is 15.6. The van der Waals surface area contributed by atoms with Crippen molar-refractivity contribution < 1.29 is 0 Å². The van der Waals surface area contributed by atoms with Gasteiger partial charge in [0.2, 0.25) is 0 Å². The molecule has 3 aromatic heterocycles. The Kier molecular flexibility index (Phi) is 4.78. The summed E-state index contributed by atoms with van der Waals surface area (Å²) in [6.45, 7) is 5.22. The summed E-state index contributed by atoms with van der Waals surface area (Å²) >= 11 is 7.87. The standard InChI is InChI=1S/C21H22ClN5S/c1-13-18-19(16-3-2-15(22)12-17(16)25-13)27(10-6-14-4-7-23-8-5-14)20(26-18)21-24-9-11-28-21/h2-3,9,11-12,14,23H,4-8,10H2,1H3. The maximum Gasteiger partial charge on any atom is 0.170 e. The Morgan fingerprint density at radius 2 is 2.11 bits per heavy atom. The van der Waals surface area contributed by atoms with Crippen molar-refractivity contribution in [3.8, 4) is 10.8 Å². The summed E-state index contributed by atoms with van der Waals surface area (Å²) in [6, 6.07) is 5.95. The number of nitrogens with zero attached hydrogens (tertiary/aromatic N) is 4. The van der Waals surface area contributed by atoms with Gasteiger partial charge in [-0.3, -0.25) is 4.98 Å². The van der Waals surface area contributed by atoms with E-state index in [0.29, 0.717) is 5.02 Å². The topological polar surface area (TPSA) is 55.6 Å². The fourth-order valence-corrected chi connectivity index (χ4v) is 5.01. The van der Waals surface area contributed by atoms with Crippen molar-refractivity contribution in [2.24, 2.45) is 5.92 Å². The van der Waals surface area contributed by atoms with Gasteiger partial charge in [0.05, 0.1) is 16.7 Å². The summed E-state index contributed by atoms with van der Waals surface area (Å²) in [4.78, 5) is 14.3. The molecule has 0 spiro atoms. The van der Waals surface area contributed by atoms with Gasteiger partial charge >= 0.3 is 0 Å². The molecule has 0 radical (unpaired) electrons. The zero-order chi connectivity index (χ0) is 19.1. The van der Waals surface area contributed by atoms with E-state index in [1.165, 1.54) is 12.8 Å². The van der Waals surface area contributed by atoms with Crippen LogP contribution in [-0.2, 0) is 6.54 Å². The van der Waals surface area contributed by atoms with Gasteiger partial charge in [-0.1, -0.05) is 11.6 Å². The summed E-state index contributed by atoms with van der Waals surface area (Å²) in [5, 5.41) is 8.24. The molecule has 1 fully saturated rings. The second-order valence-corrected chi connectivity index (χ2v) is 8.79. The van der Waals surface area contributed by atoms with Gasteiger partial charge in [0.1, 0.15) is 5.52 Å². The Morgan fingerprint density at radius 3 is 2.89 bits per heavy atom. The number of hydrogen-bond donors (Lipinski definition) is 1. The Morgan fingerprint density at radius 1 is 1.25 bits per heavy atom. The molecule has 0 unspecified atom stereocenters. The second kappa shape index (κ2) is 7.43. The average molecular weight is 412 g/mol. The van der Waals surface area contributed by atoms with Gasteiger partial charge in [-0.2, -0.15) is 0 Å². The van der Waals surface area contributed by atoms with Gasteiger partial charge < -0.3 is 9.88 Å². The molecular weight excluding hydrogens is 390 g/mol.